The van der Waals surface area contributed by atoms with Crippen molar-refractivity contribution in [3.8, 4) is 11.5 Å². The molecule has 0 N–H and O–H groups in total. The molecule has 6 heteroatoms. The summed E-state index contributed by atoms with van der Waals surface area (Å²) in [5, 5.41) is 0. The van der Waals surface area contributed by atoms with E-state index < -0.39 is 18.1 Å². The van der Waals surface area contributed by atoms with E-state index in [2.05, 4.69) is 0 Å². The molecule has 0 saturated heterocycles. The molecular formula is C12H14F4O2. The maximum atomic E-state index is 13.4. The Labute approximate surface area is 103 Å². The van der Waals surface area contributed by atoms with Crippen LogP contribution in [0.4, 0.5) is 17.6 Å². The van der Waals surface area contributed by atoms with Crippen LogP contribution < -0.4 is 9.47 Å². The molecule has 0 aliphatic carbocycles. The minimum atomic E-state index is -2.42. The van der Waals surface area contributed by atoms with Gasteiger partial charge in [0.05, 0.1) is 13.2 Å². The van der Waals surface area contributed by atoms with E-state index in [1.54, 1.807) is 6.92 Å². The lowest BCUT2D eigenvalue weighted by Crippen LogP contribution is -2.04. The fraction of sp³-hybridized carbons (Fsp3) is 0.500. The first kappa shape index (κ1) is 14.6. The van der Waals surface area contributed by atoms with Crippen molar-refractivity contribution >= 4 is 0 Å². The van der Waals surface area contributed by atoms with Gasteiger partial charge in [0.2, 0.25) is 18.1 Å². The maximum Gasteiger partial charge on any atom is 0.238 e. The van der Waals surface area contributed by atoms with Crippen LogP contribution in [0.5, 0.6) is 11.5 Å². The van der Waals surface area contributed by atoms with Gasteiger partial charge in [0.15, 0.2) is 11.5 Å². The summed E-state index contributed by atoms with van der Waals surface area (Å²) in [4.78, 5) is 0. The Morgan fingerprint density at radius 3 is 2.11 bits per heavy atom. The van der Waals surface area contributed by atoms with Crippen LogP contribution in [0.25, 0.3) is 0 Å². The average Bonchev–Trinajstić information content (AvgIpc) is 2.33. The zero-order valence-electron chi connectivity index (χ0n) is 9.89. The second-order valence-corrected chi connectivity index (χ2v) is 3.50. The molecule has 0 atom stereocenters. The Balaban J connectivity index is 2.59. The highest BCUT2D eigenvalue weighted by atomic mass is 19.3. The minimum Gasteiger partial charge on any atom is -0.491 e. The second kappa shape index (κ2) is 7.08. The van der Waals surface area contributed by atoms with Crippen LogP contribution in [-0.2, 0) is 0 Å². The van der Waals surface area contributed by atoms with Crippen LogP contribution in [0.1, 0.15) is 19.8 Å². The normalized spacial score (nSPS) is 10.8. The lowest BCUT2D eigenvalue weighted by atomic mass is 10.3. The number of rotatable bonds is 7. The highest BCUT2D eigenvalue weighted by Gasteiger charge is 2.15. The number of benzene rings is 1. The summed E-state index contributed by atoms with van der Waals surface area (Å²) in [6, 6.07) is 2.45. The van der Waals surface area contributed by atoms with Crippen LogP contribution in [0.15, 0.2) is 12.1 Å². The van der Waals surface area contributed by atoms with Gasteiger partial charge >= 0.3 is 0 Å². The lowest BCUT2D eigenvalue weighted by Gasteiger charge is -2.10. The van der Waals surface area contributed by atoms with Crippen LogP contribution >= 0.6 is 0 Å². The molecular weight excluding hydrogens is 252 g/mol. The van der Waals surface area contributed by atoms with Crippen molar-refractivity contribution in [1.82, 2.24) is 0 Å². The third-order valence-electron chi connectivity index (χ3n) is 2.14. The number of hydrogen-bond donors (Lipinski definition) is 0. The molecule has 2 nitrogen and oxygen atoms in total. The molecule has 1 aromatic carbocycles. The molecule has 1 rings (SSSR count). The fourth-order valence-corrected chi connectivity index (χ4v) is 1.31. The highest BCUT2D eigenvalue weighted by molar-refractivity contribution is 5.34. The summed E-state index contributed by atoms with van der Waals surface area (Å²) in [6.07, 6.45) is -2.68. The predicted octanol–water partition coefficient (Wildman–Crippen LogP) is 3.79. The molecule has 0 spiro atoms. The van der Waals surface area contributed by atoms with E-state index in [1.807, 2.05) is 0 Å². The van der Waals surface area contributed by atoms with Crippen LogP contribution in [-0.4, -0.2) is 19.6 Å². The van der Waals surface area contributed by atoms with Gasteiger partial charge in [0.1, 0.15) is 0 Å². The zero-order chi connectivity index (χ0) is 13.5. The molecule has 0 aliphatic heterocycles. The zero-order valence-corrected chi connectivity index (χ0v) is 9.89. The van der Waals surface area contributed by atoms with Crippen molar-refractivity contribution in [3.63, 3.8) is 0 Å². The average molecular weight is 266 g/mol. The smallest absolute Gasteiger partial charge is 0.238 e. The molecule has 0 amide bonds. The van der Waals surface area contributed by atoms with E-state index in [9.17, 15) is 17.6 Å². The van der Waals surface area contributed by atoms with Crippen molar-refractivity contribution in [2.75, 3.05) is 13.2 Å². The summed E-state index contributed by atoms with van der Waals surface area (Å²) in [5.41, 5.74) is 0. The SMILES string of the molecule is CCOc1ccc(OCCCC(F)F)c(F)c1F. The van der Waals surface area contributed by atoms with E-state index >= 15 is 0 Å². The van der Waals surface area contributed by atoms with Crippen molar-refractivity contribution in [3.05, 3.63) is 23.8 Å². The Hall–Kier alpha value is -1.46. The van der Waals surface area contributed by atoms with Crippen molar-refractivity contribution in [2.24, 2.45) is 0 Å². The second-order valence-electron chi connectivity index (χ2n) is 3.50. The third-order valence-corrected chi connectivity index (χ3v) is 2.14. The lowest BCUT2D eigenvalue weighted by molar-refractivity contribution is 0.126. The highest BCUT2D eigenvalue weighted by Crippen LogP contribution is 2.27. The number of ether oxygens (including phenoxy) is 2. The van der Waals surface area contributed by atoms with Crippen LogP contribution in [0, 0.1) is 11.6 Å². The topological polar surface area (TPSA) is 18.5 Å². The van der Waals surface area contributed by atoms with Crippen molar-refractivity contribution < 1.29 is 27.0 Å². The Morgan fingerprint density at radius 2 is 1.61 bits per heavy atom. The predicted molar refractivity (Wildman–Crippen MR) is 58.3 cm³/mol. The molecule has 0 aliphatic rings. The van der Waals surface area contributed by atoms with Gasteiger partial charge in [-0.3, -0.25) is 0 Å². The van der Waals surface area contributed by atoms with E-state index in [0.29, 0.717) is 0 Å². The quantitative estimate of drug-likeness (QED) is 0.552. The summed E-state index contributed by atoms with van der Waals surface area (Å²) in [5.74, 6) is -2.80. The molecule has 102 valence electrons. The molecule has 0 unspecified atom stereocenters. The van der Waals surface area contributed by atoms with Gasteiger partial charge in [-0.1, -0.05) is 0 Å². The van der Waals surface area contributed by atoms with Gasteiger partial charge in [-0.05, 0) is 25.5 Å². The molecule has 0 bridgehead atoms. The van der Waals surface area contributed by atoms with Gasteiger partial charge in [-0.25, -0.2) is 8.78 Å². The van der Waals surface area contributed by atoms with Crippen LogP contribution in [0.3, 0.4) is 0 Å². The molecule has 0 saturated carbocycles. The third kappa shape index (κ3) is 4.09. The Kier molecular flexibility index (Phi) is 5.74. The van der Waals surface area contributed by atoms with E-state index in [1.165, 1.54) is 12.1 Å². The summed E-state index contributed by atoms with van der Waals surface area (Å²) >= 11 is 0. The fourth-order valence-electron chi connectivity index (χ4n) is 1.31. The van der Waals surface area contributed by atoms with Gasteiger partial charge in [0, 0.05) is 6.42 Å². The maximum absolute atomic E-state index is 13.4. The van der Waals surface area contributed by atoms with E-state index in [4.69, 9.17) is 9.47 Å². The molecule has 18 heavy (non-hydrogen) atoms. The summed E-state index contributed by atoms with van der Waals surface area (Å²) in [6.45, 7) is 1.77. The summed E-state index contributed by atoms with van der Waals surface area (Å²) in [7, 11) is 0. The van der Waals surface area contributed by atoms with Gasteiger partial charge in [-0.2, -0.15) is 8.78 Å². The number of alkyl halides is 2. The van der Waals surface area contributed by atoms with Crippen molar-refractivity contribution in [2.45, 2.75) is 26.2 Å². The Morgan fingerprint density at radius 1 is 1.06 bits per heavy atom. The minimum absolute atomic E-state index is 0.0753. The largest absolute Gasteiger partial charge is 0.491 e. The molecule has 0 heterocycles. The van der Waals surface area contributed by atoms with Gasteiger partial charge in [-0.15, -0.1) is 0 Å². The number of hydrogen-bond acceptors (Lipinski definition) is 2. The molecule has 1 aromatic rings. The molecule has 0 radical (unpaired) electrons. The molecule has 0 fully saturated rings. The van der Waals surface area contributed by atoms with Crippen LogP contribution in [0.2, 0.25) is 0 Å². The molecule has 0 aromatic heterocycles. The van der Waals surface area contributed by atoms with E-state index in [0.717, 1.165) is 0 Å². The number of halogens is 4. The first-order valence-electron chi connectivity index (χ1n) is 5.58. The summed E-state index contributed by atoms with van der Waals surface area (Å²) < 4.78 is 60.3. The first-order chi connectivity index (χ1) is 8.56. The monoisotopic (exact) mass is 266 g/mol. The van der Waals surface area contributed by atoms with Crippen molar-refractivity contribution in [1.29, 1.82) is 0 Å². The van der Waals surface area contributed by atoms with Gasteiger partial charge < -0.3 is 9.47 Å². The van der Waals surface area contributed by atoms with E-state index in [-0.39, 0.29) is 37.6 Å². The van der Waals surface area contributed by atoms with Gasteiger partial charge in [0.25, 0.3) is 0 Å². The standard InChI is InChI=1S/C12H14F4O2/c1-2-17-8-5-6-9(12(16)11(8)15)18-7-3-4-10(13)14/h5-6,10H,2-4,7H2,1H3. The Bertz CT molecular complexity index is 383. The first-order valence-corrected chi connectivity index (χ1v) is 5.58.